The van der Waals surface area contributed by atoms with Gasteiger partial charge < -0.3 is 14.4 Å². The number of para-hydroxylation sites is 2. The summed E-state index contributed by atoms with van der Waals surface area (Å²) >= 11 is 0. The normalized spacial score (nSPS) is 17.5. The molecule has 26 heavy (non-hydrogen) atoms. The Balaban J connectivity index is 1.57. The van der Waals surface area contributed by atoms with Crippen molar-refractivity contribution in [2.45, 2.75) is 18.9 Å². The van der Waals surface area contributed by atoms with Crippen molar-refractivity contribution >= 4 is 17.0 Å². The standard InChI is InChI=1S/C18H21N5O3/c1-22-16-13(10-19-22)17(24)21-18(20-16)23-9-5-6-12(11-23)26-15-8-4-3-7-14(15)25-2/h3-4,7-8,10,12H,5-6,9,11H2,1-2H3,(H,20,21,24). The number of hydrogen-bond acceptors (Lipinski definition) is 6. The van der Waals surface area contributed by atoms with Crippen LogP contribution in [0.1, 0.15) is 12.8 Å². The Morgan fingerprint density at radius 2 is 2.08 bits per heavy atom. The number of anilines is 1. The van der Waals surface area contributed by atoms with Gasteiger partial charge in [0.15, 0.2) is 17.1 Å². The smallest absolute Gasteiger partial charge is 0.263 e. The Bertz CT molecular complexity index is 980. The van der Waals surface area contributed by atoms with E-state index < -0.39 is 0 Å². The number of nitrogens with zero attached hydrogens (tertiary/aromatic N) is 4. The molecule has 1 aromatic carbocycles. The molecule has 1 N–H and O–H groups in total. The highest BCUT2D eigenvalue weighted by Gasteiger charge is 2.24. The summed E-state index contributed by atoms with van der Waals surface area (Å²) in [5.74, 6) is 2.00. The summed E-state index contributed by atoms with van der Waals surface area (Å²) in [5, 5.41) is 4.61. The zero-order valence-corrected chi connectivity index (χ0v) is 14.8. The highest BCUT2D eigenvalue weighted by atomic mass is 16.5. The number of piperidine rings is 1. The lowest BCUT2D eigenvalue weighted by Crippen LogP contribution is -2.42. The molecule has 1 fully saturated rings. The van der Waals surface area contributed by atoms with E-state index in [9.17, 15) is 4.79 Å². The fourth-order valence-corrected chi connectivity index (χ4v) is 3.29. The third-order valence-corrected chi connectivity index (χ3v) is 4.63. The molecule has 3 heterocycles. The minimum absolute atomic E-state index is 0.00686. The first kappa shape index (κ1) is 16.4. The number of H-pyrrole nitrogens is 1. The van der Waals surface area contributed by atoms with Gasteiger partial charge in [-0.3, -0.25) is 14.5 Å². The molecule has 8 heteroatoms. The molecule has 0 bridgehead atoms. The van der Waals surface area contributed by atoms with E-state index in [2.05, 4.69) is 20.0 Å². The molecule has 1 saturated heterocycles. The molecule has 1 aliphatic rings. The van der Waals surface area contributed by atoms with Gasteiger partial charge >= 0.3 is 0 Å². The quantitative estimate of drug-likeness (QED) is 0.767. The lowest BCUT2D eigenvalue weighted by Gasteiger charge is -2.33. The van der Waals surface area contributed by atoms with Crippen molar-refractivity contribution in [2.75, 3.05) is 25.1 Å². The zero-order valence-electron chi connectivity index (χ0n) is 14.8. The van der Waals surface area contributed by atoms with E-state index in [0.29, 0.717) is 29.3 Å². The molecule has 4 rings (SSSR count). The second-order valence-electron chi connectivity index (χ2n) is 6.37. The third kappa shape index (κ3) is 2.98. The van der Waals surface area contributed by atoms with Crippen LogP contribution < -0.4 is 19.9 Å². The van der Waals surface area contributed by atoms with E-state index in [1.807, 2.05) is 24.3 Å². The molecule has 3 aromatic rings. The minimum atomic E-state index is -0.175. The molecule has 8 nitrogen and oxygen atoms in total. The van der Waals surface area contributed by atoms with Gasteiger partial charge in [0.25, 0.3) is 5.56 Å². The highest BCUT2D eigenvalue weighted by Crippen LogP contribution is 2.29. The van der Waals surface area contributed by atoms with Crippen molar-refractivity contribution in [3.8, 4) is 11.5 Å². The number of aromatic nitrogens is 4. The molecule has 0 radical (unpaired) electrons. The Labute approximate surface area is 150 Å². The van der Waals surface area contributed by atoms with Gasteiger partial charge in [-0.25, -0.2) is 0 Å². The third-order valence-electron chi connectivity index (χ3n) is 4.63. The largest absolute Gasteiger partial charge is 0.493 e. The number of methoxy groups -OCH3 is 1. The predicted molar refractivity (Wildman–Crippen MR) is 98.0 cm³/mol. The Kier molecular flexibility index (Phi) is 4.24. The first-order chi connectivity index (χ1) is 12.7. The molecule has 1 unspecified atom stereocenters. The number of fused-ring (bicyclic) bond motifs is 1. The van der Waals surface area contributed by atoms with Gasteiger partial charge in [0.1, 0.15) is 11.5 Å². The monoisotopic (exact) mass is 355 g/mol. The maximum Gasteiger partial charge on any atom is 0.263 e. The molecular formula is C18H21N5O3. The number of aryl methyl sites for hydroxylation is 1. The number of hydrogen-bond donors (Lipinski definition) is 1. The summed E-state index contributed by atoms with van der Waals surface area (Å²) < 4.78 is 13.1. The SMILES string of the molecule is COc1ccccc1OC1CCCN(c2nc3c(cnn3C)c(=O)[nH]2)C1. The Morgan fingerprint density at radius 3 is 2.88 bits per heavy atom. The van der Waals surface area contributed by atoms with E-state index >= 15 is 0 Å². The first-order valence-corrected chi connectivity index (χ1v) is 8.62. The van der Waals surface area contributed by atoms with E-state index in [1.54, 1.807) is 18.8 Å². The summed E-state index contributed by atoms with van der Waals surface area (Å²) in [6.45, 7) is 1.46. The van der Waals surface area contributed by atoms with Crippen LogP contribution in [0.4, 0.5) is 5.95 Å². The first-order valence-electron chi connectivity index (χ1n) is 8.62. The van der Waals surface area contributed by atoms with Crippen LogP contribution in [0.5, 0.6) is 11.5 Å². The number of rotatable bonds is 4. The van der Waals surface area contributed by atoms with Gasteiger partial charge in [0.05, 0.1) is 19.9 Å². The van der Waals surface area contributed by atoms with Crippen molar-refractivity contribution in [3.05, 3.63) is 40.8 Å². The molecule has 136 valence electrons. The van der Waals surface area contributed by atoms with Crippen LogP contribution in [0, 0.1) is 0 Å². The minimum Gasteiger partial charge on any atom is -0.493 e. The molecule has 0 saturated carbocycles. The lowest BCUT2D eigenvalue weighted by molar-refractivity contribution is 0.172. The van der Waals surface area contributed by atoms with Gasteiger partial charge in [0, 0.05) is 13.6 Å². The van der Waals surface area contributed by atoms with Crippen LogP contribution in [0.3, 0.4) is 0 Å². The van der Waals surface area contributed by atoms with E-state index in [-0.39, 0.29) is 11.7 Å². The van der Waals surface area contributed by atoms with E-state index in [1.165, 1.54) is 6.20 Å². The predicted octanol–water partition coefficient (Wildman–Crippen LogP) is 1.71. The summed E-state index contributed by atoms with van der Waals surface area (Å²) in [4.78, 5) is 21.8. The zero-order chi connectivity index (χ0) is 18.1. The van der Waals surface area contributed by atoms with E-state index in [4.69, 9.17) is 9.47 Å². The van der Waals surface area contributed by atoms with Crippen molar-refractivity contribution in [1.82, 2.24) is 19.7 Å². The van der Waals surface area contributed by atoms with E-state index in [0.717, 1.165) is 25.1 Å². The van der Waals surface area contributed by atoms with Crippen molar-refractivity contribution < 1.29 is 9.47 Å². The molecule has 1 atom stereocenters. The summed E-state index contributed by atoms with van der Waals surface area (Å²) in [5.41, 5.74) is 0.405. The molecule has 2 aromatic heterocycles. The van der Waals surface area contributed by atoms with Crippen LogP contribution in [0.2, 0.25) is 0 Å². The second-order valence-corrected chi connectivity index (χ2v) is 6.37. The molecule has 0 spiro atoms. The summed E-state index contributed by atoms with van der Waals surface area (Å²) in [7, 11) is 3.41. The average molecular weight is 355 g/mol. The molecular weight excluding hydrogens is 334 g/mol. The van der Waals surface area contributed by atoms with Gasteiger partial charge in [0.2, 0.25) is 5.95 Å². The topological polar surface area (TPSA) is 85.3 Å². The van der Waals surface area contributed by atoms with Gasteiger partial charge in [-0.1, -0.05) is 12.1 Å². The maximum absolute atomic E-state index is 12.3. The number of nitrogens with one attached hydrogen (secondary N) is 1. The van der Waals surface area contributed by atoms with Gasteiger partial charge in [-0.05, 0) is 25.0 Å². The number of ether oxygens (including phenoxy) is 2. The van der Waals surface area contributed by atoms with Crippen molar-refractivity contribution in [3.63, 3.8) is 0 Å². The molecule has 0 aliphatic carbocycles. The van der Waals surface area contributed by atoms with Crippen molar-refractivity contribution in [2.24, 2.45) is 7.05 Å². The fourth-order valence-electron chi connectivity index (χ4n) is 3.29. The fraction of sp³-hybridized carbons (Fsp3) is 0.389. The van der Waals surface area contributed by atoms with Gasteiger partial charge in [-0.2, -0.15) is 10.1 Å². The number of benzene rings is 1. The Hall–Kier alpha value is -3.03. The summed E-state index contributed by atoms with van der Waals surface area (Å²) in [6.07, 6.45) is 3.42. The van der Waals surface area contributed by atoms with Crippen LogP contribution in [-0.2, 0) is 7.05 Å². The lowest BCUT2D eigenvalue weighted by atomic mass is 10.1. The Morgan fingerprint density at radius 1 is 1.27 bits per heavy atom. The summed E-state index contributed by atoms with van der Waals surface area (Å²) in [6, 6.07) is 7.62. The van der Waals surface area contributed by atoms with Crippen LogP contribution in [-0.4, -0.2) is 46.1 Å². The average Bonchev–Trinajstić information content (AvgIpc) is 3.04. The molecule has 0 amide bonds. The number of aromatic amines is 1. The van der Waals surface area contributed by atoms with Crippen LogP contribution in [0.25, 0.3) is 11.0 Å². The van der Waals surface area contributed by atoms with Gasteiger partial charge in [-0.15, -0.1) is 0 Å². The van der Waals surface area contributed by atoms with Crippen LogP contribution >= 0.6 is 0 Å². The molecule has 1 aliphatic heterocycles. The second kappa shape index (κ2) is 6.70. The van der Waals surface area contributed by atoms with Crippen LogP contribution in [0.15, 0.2) is 35.3 Å². The van der Waals surface area contributed by atoms with Crippen molar-refractivity contribution in [1.29, 1.82) is 0 Å². The maximum atomic E-state index is 12.3. The highest BCUT2D eigenvalue weighted by molar-refractivity contribution is 5.74.